The van der Waals surface area contributed by atoms with E-state index in [1.165, 1.54) is 0 Å². The lowest BCUT2D eigenvalue weighted by molar-refractivity contribution is -0.0592. The standard InChI is InChI=1S/C31H33ClN6O4/c1-20-3-6-26(24(32)15-20)35(2)28-17-21(7-9-33-28)30(39)37-12-10-36(11-13-37)19-29-34-25-5-4-22(31(40)41)16-27(25)38(29)18-23-8-14-42-23/h3-7,9,15-17,23H,8,10-14,18-19H2,1-2H3,(H,40,41)/t23-/m0/s1. The topological polar surface area (TPSA) is 104 Å². The van der Waals surface area contributed by atoms with Crippen molar-refractivity contribution in [3.63, 3.8) is 0 Å². The Morgan fingerprint density at radius 2 is 1.86 bits per heavy atom. The Balaban J connectivity index is 1.13. The number of benzene rings is 2. The van der Waals surface area contributed by atoms with Gasteiger partial charge in [-0.15, -0.1) is 0 Å². The Morgan fingerprint density at radius 3 is 2.55 bits per heavy atom. The fourth-order valence-electron chi connectivity index (χ4n) is 5.50. The zero-order chi connectivity index (χ0) is 29.4. The molecular weight excluding hydrogens is 556 g/mol. The van der Waals surface area contributed by atoms with E-state index in [-0.39, 0.29) is 17.6 Å². The van der Waals surface area contributed by atoms with Crippen LogP contribution in [0.2, 0.25) is 5.02 Å². The number of aryl methyl sites for hydroxylation is 1. The number of anilines is 2. The summed E-state index contributed by atoms with van der Waals surface area (Å²) < 4.78 is 7.78. The van der Waals surface area contributed by atoms with Gasteiger partial charge in [0.05, 0.1) is 46.5 Å². The number of fused-ring (bicyclic) bond motifs is 1. The van der Waals surface area contributed by atoms with Gasteiger partial charge < -0.3 is 24.2 Å². The largest absolute Gasteiger partial charge is 0.478 e. The second-order valence-corrected chi connectivity index (χ2v) is 11.3. The summed E-state index contributed by atoms with van der Waals surface area (Å²) in [6.45, 7) is 6.56. The van der Waals surface area contributed by atoms with Gasteiger partial charge in [0.25, 0.3) is 5.91 Å². The van der Waals surface area contributed by atoms with Crippen LogP contribution in [0.5, 0.6) is 0 Å². The number of carboxylic acids is 1. The highest BCUT2D eigenvalue weighted by atomic mass is 35.5. The fraction of sp³-hybridized carbons (Fsp3) is 0.355. The van der Waals surface area contributed by atoms with Crippen molar-refractivity contribution < 1.29 is 19.4 Å². The highest BCUT2D eigenvalue weighted by Gasteiger charge is 2.26. The zero-order valence-electron chi connectivity index (χ0n) is 23.7. The van der Waals surface area contributed by atoms with Crippen LogP contribution in [0.3, 0.4) is 0 Å². The van der Waals surface area contributed by atoms with Crippen molar-refractivity contribution in [1.82, 2.24) is 24.3 Å². The molecule has 2 aliphatic rings. The normalized spacial score (nSPS) is 17.3. The Morgan fingerprint density at radius 1 is 1.07 bits per heavy atom. The molecule has 42 heavy (non-hydrogen) atoms. The van der Waals surface area contributed by atoms with Crippen LogP contribution in [-0.2, 0) is 17.8 Å². The third kappa shape index (κ3) is 5.70. The van der Waals surface area contributed by atoms with Gasteiger partial charge in [-0.1, -0.05) is 17.7 Å². The molecular formula is C31H33ClN6O4. The molecule has 11 heteroatoms. The van der Waals surface area contributed by atoms with E-state index < -0.39 is 5.97 Å². The number of rotatable bonds is 8. The third-order valence-corrected chi connectivity index (χ3v) is 8.38. The van der Waals surface area contributed by atoms with Gasteiger partial charge in [0.15, 0.2) is 0 Å². The Labute approximate surface area is 249 Å². The van der Waals surface area contributed by atoms with Gasteiger partial charge in [0.2, 0.25) is 0 Å². The number of carboxylic acid groups (broad SMARTS) is 1. The summed E-state index contributed by atoms with van der Waals surface area (Å²) in [4.78, 5) is 40.4. The molecule has 2 aromatic carbocycles. The van der Waals surface area contributed by atoms with Crippen molar-refractivity contribution in [2.24, 2.45) is 0 Å². The monoisotopic (exact) mass is 588 g/mol. The van der Waals surface area contributed by atoms with Gasteiger partial charge >= 0.3 is 5.97 Å². The van der Waals surface area contributed by atoms with Crippen LogP contribution in [-0.4, -0.2) is 87.3 Å². The van der Waals surface area contributed by atoms with E-state index in [2.05, 4.69) is 14.5 Å². The molecule has 2 fully saturated rings. The molecule has 1 amide bonds. The molecule has 0 saturated carbocycles. The zero-order valence-corrected chi connectivity index (χ0v) is 24.4. The average Bonchev–Trinajstić information content (AvgIpc) is 3.30. The molecule has 0 unspecified atom stereocenters. The number of carbonyl (C=O) groups excluding carboxylic acids is 1. The number of carbonyl (C=O) groups is 2. The predicted octanol–water partition coefficient (Wildman–Crippen LogP) is 4.61. The van der Waals surface area contributed by atoms with Crippen LogP contribution in [0.25, 0.3) is 11.0 Å². The number of amides is 1. The molecule has 2 saturated heterocycles. The first-order valence-corrected chi connectivity index (χ1v) is 14.5. The van der Waals surface area contributed by atoms with Crippen molar-refractivity contribution in [2.75, 3.05) is 44.7 Å². The van der Waals surface area contributed by atoms with E-state index >= 15 is 0 Å². The molecule has 218 valence electrons. The summed E-state index contributed by atoms with van der Waals surface area (Å²) >= 11 is 6.47. The second-order valence-electron chi connectivity index (χ2n) is 10.9. The van der Waals surface area contributed by atoms with E-state index in [4.69, 9.17) is 21.3 Å². The van der Waals surface area contributed by atoms with Gasteiger partial charge in [-0.05, 0) is 61.4 Å². The molecule has 0 aliphatic carbocycles. The Hall–Kier alpha value is -3.99. The van der Waals surface area contributed by atoms with Crippen LogP contribution in [0, 0.1) is 6.92 Å². The van der Waals surface area contributed by atoms with Crippen LogP contribution < -0.4 is 4.90 Å². The molecule has 4 heterocycles. The van der Waals surface area contributed by atoms with E-state index in [0.717, 1.165) is 41.1 Å². The first kappa shape index (κ1) is 28.1. The third-order valence-electron chi connectivity index (χ3n) is 8.08. The minimum absolute atomic E-state index is 0.0303. The molecule has 1 atom stereocenters. The lowest BCUT2D eigenvalue weighted by Crippen LogP contribution is -2.48. The summed E-state index contributed by atoms with van der Waals surface area (Å²) in [5.41, 5.74) is 4.30. The Bertz CT molecular complexity index is 1640. The van der Waals surface area contributed by atoms with E-state index in [0.29, 0.717) is 55.7 Å². The van der Waals surface area contributed by atoms with Crippen LogP contribution >= 0.6 is 11.6 Å². The van der Waals surface area contributed by atoms with Gasteiger partial charge in [0.1, 0.15) is 11.6 Å². The maximum Gasteiger partial charge on any atom is 0.335 e. The highest BCUT2D eigenvalue weighted by Crippen LogP contribution is 2.31. The van der Waals surface area contributed by atoms with E-state index in [1.54, 1.807) is 36.5 Å². The molecule has 1 N–H and O–H groups in total. The van der Waals surface area contributed by atoms with Gasteiger partial charge in [-0.25, -0.2) is 14.8 Å². The number of hydrogen-bond acceptors (Lipinski definition) is 7. The number of pyridine rings is 1. The SMILES string of the molecule is Cc1ccc(N(C)c2cc(C(=O)N3CCN(Cc4nc5ccc(C(=O)O)cc5n4C[C@@H]4CCO4)CC3)ccn2)c(Cl)c1. The fourth-order valence-corrected chi connectivity index (χ4v) is 5.86. The van der Waals surface area contributed by atoms with Crippen LogP contribution in [0.15, 0.2) is 54.7 Å². The van der Waals surface area contributed by atoms with E-state index in [1.807, 2.05) is 42.0 Å². The predicted molar refractivity (Wildman–Crippen MR) is 161 cm³/mol. The van der Waals surface area contributed by atoms with Crippen LogP contribution in [0.1, 0.15) is 38.5 Å². The molecule has 10 nitrogen and oxygen atoms in total. The molecule has 2 aliphatic heterocycles. The number of imidazole rings is 1. The Kier molecular flexibility index (Phi) is 7.85. The first-order chi connectivity index (χ1) is 20.3. The molecule has 0 radical (unpaired) electrons. The first-order valence-electron chi connectivity index (χ1n) is 14.1. The summed E-state index contributed by atoms with van der Waals surface area (Å²) in [5.74, 6) is 0.529. The van der Waals surface area contributed by atoms with Crippen molar-refractivity contribution >= 4 is 46.0 Å². The molecule has 0 bridgehead atoms. The van der Waals surface area contributed by atoms with Gasteiger partial charge in [-0.3, -0.25) is 9.69 Å². The molecule has 0 spiro atoms. The molecule has 4 aromatic rings. The maximum atomic E-state index is 13.5. The number of piperazine rings is 1. The average molecular weight is 589 g/mol. The van der Waals surface area contributed by atoms with Crippen molar-refractivity contribution in [1.29, 1.82) is 0 Å². The summed E-state index contributed by atoms with van der Waals surface area (Å²) in [6, 6.07) is 14.5. The van der Waals surface area contributed by atoms with Crippen molar-refractivity contribution in [3.05, 3.63) is 82.3 Å². The minimum atomic E-state index is -0.959. The van der Waals surface area contributed by atoms with E-state index in [9.17, 15) is 14.7 Å². The summed E-state index contributed by atoms with van der Waals surface area (Å²) in [6.07, 6.45) is 2.74. The number of hydrogen-bond donors (Lipinski definition) is 1. The van der Waals surface area contributed by atoms with Crippen LogP contribution in [0.4, 0.5) is 11.5 Å². The molecule has 6 rings (SSSR count). The lowest BCUT2D eigenvalue weighted by atomic mass is 10.1. The van der Waals surface area contributed by atoms with Gasteiger partial charge in [0, 0.05) is 51.6 Å². The second kappa shape index (κ2) is 11.7. The number of ether oxygens (including phenoxy) is 1. The number of halogens is 1. The van der Waals surface area contributed by atoms with Crippen molar-refractivity contribution in [3.8, 4) is 0 Å². The number of aromatic carboxylic acids is 1. The smallest absolute Gasteiger partial charge is 0.335 e. The highest BCUT2D eigenvalue weighted by molar-refractivity contribution is 6.33. The van der Waals surface area contributed by atoms with Crippen molar-refractivity contribution in [2.45, 2.75) is 32.5 Å². The molecule has 2 aromatic heterocycles. The summed E-state index contributed by atoms with van der Waals surface area (Å²) in [5, 5.41) is 10.1. The lowest BCUT2D eigenvalue weighted by Gasteiger charge is -2.35. The number of nitrogens with zero attached hydrogens (tertiary/aromatic N) is 6. The summed E-state index contributed by atoms with van der Waals surface area (Å²) in [7, 11) is 1.89. The maximum absolute atomic E-state index is 13.5. The number of aromatic nitrogens is 3. The van der Waals surface area contributed by atoms with Gasteiger partial charge in [-0.2, -0.15) is 0 Å². The quantitative estimate of drug-likeness (QED) is 0.318. The minimum Gasteiger partial charge on any atom is -0.478 e.